The largest absolute Gasteiger partial charge is 0.504 e. The van der Waals surface area contributed by atoms with Gasteiger partial charge >= 0.3 is 0 Å². The average Bonchev–Trinajstić information content (AvgIpc) is 2.61. The van der Waals surface area contributed by atoms with Crippen LogP contribution in [0.5, 0.6) is 11.5 Å². The first kappa shape index (κ1) is 18.5. The van der Waals surface area contributed by atoms with Gasteiger partial charge in [-0.1, -0.05) is 28.1 Å². The molecule has 0 radical (unpaired) electrons. The zero-order chi connectivity index (χ0) is 18.2. The van der Waals surface area contributed by atoms with Crippen molar-refractivity contribution in [3.63, 3.8) is 0 Å². The van der Waals surface area contributed by atoms with Crippen LogP contribution in [0.1, 0.15) is 15.9 Å². The van der Waals surface area contributed by atoms with Crippen LogP contribution in [0.4, 0.5) is 0 Å². The number of hydrazone groups is 1. The van der Waals surface area contributed by atoms with Crippen LogP contribution in [0, 0.1) is 0 Å². The van der Waals surface area contributed by atoms with Crippen LogP contribution in [0.3, 0.4) is 0 Å². The molecule has 0 saturated heterocycles. The molecule has 0 saturated carbocycles. The van der Waals surface area contributed by atoms with E-state index in [0.717, 1.165) is 4.47 Å². The third-order valence-electron chi connectivity index (χ3n) is 3.14. The molecule has 0 bridgehead atoms. The van der Waals surface area contributed by atoms with Crippen molar-refractivity contribution in [2.45, 2.75) is 0 Å². The fraction of sp³-hybridized carbons (Fsp3) is 0.118. The number of rotatable bonds is 6. The van der Waals surface area contributed by atoms with Crippen LogP contribution in [-0.2, 0) is 4.79 Å². The molecular formula is C17H16BrN3O4. The zero-order valence-corrected chi connectivity index (χ0v) is 14.9. The van der Waals surface area contributed by atoms with Crippen molar-refractivity contribution >= 4 is 34.0 Å². The lowest BCUT2D eigenvalue weighted by molar-refractivity contribution is -0.120. The highest BCUT2D eigenvalue weighted by Crippen LogP contribution is 2.27. The van der Waals surface area contributed by atoms with Gasteiger partial charge in [0.2, 0.25) is 0 Å². The maximum absolute atomic E-state index is 11.9. The minimum Gasteiger partial charge on any atom is -0.504 e. The third kappa shape index (κ3) is 5.32. The fourth-order valence-electron chi connectivity index (χ4n) is 1.91. The number of carbonyl (C=O) groups is 2. The van der Waals surface area contributed by atoms with Gasteiger partial charge in [-0.2, -0.15) is 5.10 Å². The van der Waals surface area contributed by atoms with Gasteiger partial charge in [0.15, 0.2) is 11.5 Å². The molecule has 0 aliphatic rings. The summed E-state index contributed by atoms with van der Waals surface area (Å²) in [6.07, 6.45) is 1.28. The van der Waals surface area contributed by atoms with Gasteiger partial charge in [-0.05, 0) is 30.3 Å². The summed E-state index contributed by atoms with van der Waals surface area (Å²) in [6.45, 7) is -0.229. The molecule has 2 aromatic carbocycles. The second-order valence-corrected chi connectivity index (χ2v) is 5.80. The quantitative estimate of drug-likeness (QED) is 0.505. The monoisotopic (exact) mass is 405 g/mol. The molecule has 0 aromatic heterocycles. The number of methoxy groups -OCH3 is 1. The van der Waals surface area contributed by atoms with E-state index in [9.17, 15) is 14.7 Å². The van der Waals surface area contributed by atoms with Crippen LogP contribution >= 0.6 is 15.9 Å². The molecule has 130 valence electrons. The van der Waals surface area contributed by atoms with E-state index >= 15 is 0 Å². The highest BCUT2D eigenvalue weighted by atomic mass is 79.9. The highest BCUT2D eigenvalue weighted by molar-refractivity contribution is 9.10. The van der Waals surface area contributed by atoms with Crippen LogP contribution in [0.2, 0.25) is 0 Å². The van der Waals surface area contributed by atoms with E-state index in [1.165, 1.54) is 13.3 Å². The van der Waals surface area contributed by atoms with Gasteiger partial charge in [0.1, 0.15) is 0 Å². The van der Waals surface area contributed by atoms with Crippen molar-refractivity contribution in [2.24, 2.45) is 5.10 Å². The van der Waals surface area contributed by atoms with Crippen molar-refractivity contribution in [2.75, 3.05) is 13.7 Å². The number of para-hydroxylation sites is 1. The average molecular weight is 406 g/mol. The summed E-state index contributed by atoms with van der Waals surface area (Å²) in [5, 5.41) is 16.1. The summed E-state index contributed by atoms with van der Waals surface area (Å²) in [4.78, 5) is 23.6. The van der Waals surface area contributed by atoms with Gasteiger partial charge in [-0.15, -0.1) is 0 Å². The van der Waals surface area contributed by atoms with Gasteiger partial charge in [0, 0.05) is 15.6 Å². The van der Waals surface area contributed by atoms with Crippen LogP contribution in [0.15, 0.2) is 52.0 Å². The molecule has 0 unspecified atom stereocenters. The van der Waals surface area contributed by atoms with Crippen LogP contribution in [0.25, 0.3) is 0 Å². The van der Waals surface area contributed by atoms with E-state index in [-0.39, 0.29) is 18.2 Å². The molecule has 2 rings (SSSR count). The normalized spacial score (nSPS) is 10.5. The topological polar surface area (TPSA) is 100 Å². The Bertz CT molecular complexity index is 808. The van der Waals surface area contributed by atoms with Crippen molar-refractivity contribution in [3.05, 3.63) is 58.1 Å². The van der Waals surface area contributed by atoms with E-state index in [0.29, 0.717) is 16.9 Å². The molecule has 0 aliphatic carbocycles. The number of aromatic hydroxyl groups is 1. The van der Waals surface area contributed by atoms with Crippen molar-refractivity contribution < 1.29 is 19.4 Å². The molecule has 3 N–H and O–H groups in total. The Balaban J connectivity index is 1.86. The van der Waals surface area contributed by atoms with Crippen molar-refractivity contribution in [1.29, 1.82) is 0 Å². The van der Waals surface area contributed by atoms with E-state index in [1.54, 1.807) is 42.5 Å². The lowest BCUT2D eigenvalue weighted by atomic mass is 10.2. The summed E-state index contributed by atoms with van der Waals surface area (Å²) in [7, 11) is 1.44. The first-order chi connectivity index (χ1) is 12.0. The van der Waals surface area contributed by atoms with E-state index < -0.39 is 5.91 Å². The van der Waals surface area contributed by atoms with E-state index in [2.05, 4.69) is 31.8 Å². The lowest BCUT2D eigenvalue weighted by Crippen LogP contribution is -2.34. The maximum Gasteiger partial charge on any atom is 0.259 e. The Morgan fingerprint density at radius 1 is 1.28 bits per heavy atom. The van der Waals surface area contributed by atoms with Gasteiger partial charge in [0.25, 0.3) is 11.8 Å². The van der Waals surface area contributed by atoms with E-state index in [4.69, 9.17) is 4.74 Å². The van der Waals surface area contributed by atoms with E-state index in [1.807, 2.05) is 0 Å². The molecule has 2 aromatic rings. The summed E-state index contributed by atoms with van der Waals surface area (Å²) in [6, 6.07) is 11.7. The molecule has 25 heavy (non-hydrogen) atoms. The molecule has 7 nitrogen and oxygen atoms in total. The Kier molecular flexibility index (Phi) is 6.53. The number of carbonyl (C=O) groups excluding carboxylic acids is 2. The molecule has 0 atom stereocenters. The predicted octanol–water partition coefficient (Wildman–Crippen LogP) is 2.04. The van der Waals surface area contributed by atoms with Crippen molar-refractivity contribution in [1.82, 2.24) is 10.7 Å². The minimum absolute atomic E-state index is 0.0778. The van der Waals surface area contributed by atoms with Crippen LogP contribution in [-0.4, -0.2) is 36.8 Å². The minimum atomic E-state index is -0.498. The number of hydrogen-bond donors (Lipinski definition) is 3. The molecule has 2 amide bonds. The van der Waals surface area contributed by atoms with Gasteiger partial charge in [-0.3, -0.25) is 9.59 Å². The summed E-state index contributed by atoms with van der Waals surface area (Å²) in [5.41, 5.74) is 3.09. The lowest BCUT2D eigenvalue weighted by Gasteiger charge is -2.06. The number of phenolic OH excluding ortho intramolecular Hbond substituents is 1. The number of benzene rings is 2. The van der Waals surface area contributed by atoms with Crippen molar-refractivity contribution in [3.8, 4) is 11.5 Å². The molecule has 8 heteroatoms. The highest BCUT2D eigenvalue weighted by Gasteiger charge is 2.08. The summed E-state index contributed by atoms with van der Waals surface area (Å²) < 4.78 is 5.75. The molecule has 0 spiro atoms. The first-order valence-electron chi connectivity index (χ1n) is 7.23. The number of ether oxygens (including phenoxy) is 1. The summed E-state index contributed by atoms with van der Waals surface area (Å²) >= 11 is 3.28. The summed E-state index contributed by atoms with van der Waals surface area (Å²) in [5.74, 6) is -0.643. The number of nitrogens with one attached hydrogen (secondary N) is 2. The second kappa shape index (κ2) is 8.84. The SMILES string of the molecule is COc1cccc(/C=N/NC(=O)CNC(=O)c2cccc(Br)c2)c1O. The predicted molar refractivity (Wildman–Crippen MR) is 96.9 cm³/mol. The molecule has 0 fully saturated rings. The third-order valence-corrected chi connectivity index (χ3v) is 3.63. The molecule has 0 heterocycles. The number of phenols is 1. The Morgan fingerprint density at radius 3 is 2.76 bits per heavy atom. The Labute approximate surface area is 152 Å². The fourth-order valence-corrected chi connectivity index (χ4v) is 2.31. The number of amides is 2. The maximum atomic E-state index is 11.9. The first-order valence-corrected chi connectivity index (χ1v) is 8.02. The smallest absolute Gasteiger partial charge is 0.259 e. The number of hydrogen-bond acceptors (Lipinski definition) is 5. The van der Waals surface area contributed by atoms with Crippen LogP contribution < -0.4 is 15.5 Å². The van der Waals surface area contributed by atoms with Gasteiger partial charge in [0.05, 0.1) is 19.9 Å². The standard InChI is InChI=1S/C17H16BrN3O4/c1-25-14-7-3-5-12(16(14)23)9-20-21-15(22)10-19-17(24)11-4-2-6-13(18)8-11/h2-9,23H,10H2,1H3,(H,19,24)(H,21,22)/b20-9+. The zero-order valence-electron chi connectivity index (χ0n) is 13.3. The van der Waals surface area contributed by atoms with Gasteiger partial charge in [-0.25, -0.2) is 5.43 Å². The molecule has 0 aliphatic heterocycles. The Hall–Kier alpha value is -2.87. The second-order valence-electron chi connectivity index (χ2n) is 4.88. The van der Waals surface area contributed by atoms with Gasteiger partial charge < -0.3 is 15.2 Å². The number of nitrogens with zero attached hydrogens (tertiary/aromatic N) is 1. The number of halogens is 1. The Morgan fingerprint density at radius 2 is 2.04 bits per heavy atom. The molecular weight excluding hydrogens is 390 g/mol.